The summed E-state index contributed by atoms with van der Waals surface area (Å²) in [5, 5.41) is 37.0. The number of carbonyl (C=O) groups is 1. The minimum Gasteiger partial charge on any atom is -0.492 e. The molecule has 23 heavy (non-hydrogen) atoms. The highest BCUT2D eigenvalue weighted by Crippen LogP contribution is 2.48. The van der Waals surface area contributed by atoms with Gasteiger partial charge in [-0.2, -0.15) is 4.98 Å². The number of fused-ring (bicyclic) bond motifs is 1. The lowest BCUT2D eigenvalue weighted by atomic mass is 9.98. The van der Waals surface area contributed by atoms with Crippen molar-refractivity contribution in [3.05, 3.63) is 12.7 Å². The molecule has 1 aliphatic rings. The SMILES string of the molecule is CC(=O)[C@@]1(n2cnc3c(O)ncnc32)O[C@H](CO)[C@@H](O)[C@]1(O)Cl. The number of aliphatic hydroxyl groups excluding tert-OH is 2. The van der Waals surface area contributed by atoms with Crippen LogP contribution in [-0.2, 0) is 15.3 Å². The molecule has 0 radical (unpaired) electrons. The molecule has 3 rings (SSSR count). The Morgan fingerprint density at radius 1 is 1.48 bits per heavy atom. The zero-order valence-electron chi connectivity index (χ0n) is 11.8. The van der Waals surface area contributed by atoms with Gasteiger partial charge in [0.15, 0.2) is 16.9 Å². The van der Waals surface area contributed by atoms with Crippen LogP contribution in [0.2, 0.25) is 0 Å². The van der Waals surface area contributed by atoms with Crippen LogP contribution in [0.1, 0.15) is 6.92 Å². The van der Waals surface area contributed by atoms with Crippen LogP contribution in [0.3, 0.4) is 0 Å². The van der Waals surface area contributed by atoms with Crippen LogP contribution in [0.25, 0.3) is 11.2 Å². The summed E-state index contributed by atoms with van der Waals surface area (Å²) >= 11 is 6.04. The topological polar surface area (TPSA) is 151 Å². The molecular formula is C12H13ClN4O6. The van der Waals surface area contributed by atoms with Gasteiger partial charge in [0.2, 0.25) is 10.9 Å². The van der Waals surface area contributed by atoms with Crippen molar-refractivity contribution in [2.75, 3.05) is 6.61 Å². The van der Waals surface area contributed by atoms with Crippen LogP contribution in [0.5, 0.6) is 5.88 Å². The molecule has 2 aromatic rings. The Balaban J connectivity index is 2.31. The molecule has 0 amide bonds. The second-order valence-corrected chi connectivity index (χ2v) is 5.72. The van der Waals surface area contributed by atoms with Crippen molar-refractivity contribution in [1.82, 2.24) is 19.5 Å². The molecule has 4 N–H and O–H groups in total. The van der Waals surface area contributed by atoms with Gasteiger partial charge < -0.3 is 25.2 Å². The average Bonchev–Trinajstić information content (AvgIpc) is 3.00. The van der Waals surface area contributed by atoms with E-state index in [-0.39, 0.29) is 11.2 Å². The predicted molar refractivity (Wildman–Crippen MR) is 74.4 cm³/mol. The fraction of sp³-hybridized carbons (Fsp3) is 0.500. The van der Waals surface area contributed by atoms with Gasteiger partial charge in [-0.25, -0.2) is 9.97 Å². The predicted octanol–water partition coefficient (Wildman–Crippen LogP) is -1.55. The maximum atomic E-state index is 12.3. The van der Waals surface area contributed by atoms with Gasteiger partial charge in [0.05, 0.1) is 6.61 Å². The number of imidazole rings is 1. The van der Waals surface area contributed by atoms with Gasteiger partial charge in [0.1, 0.15) is 24.9 Å². The third kappa shape index (κ3) is 1.90. The highest BCUT2D eigenvalue weighted by atomic mass is 35.5. The van der Waals surface area contributed by atoms with Gasteiger partial charge in [-0.15, -0.1) is 0 Å². The molecule has 11 heteroatoms. The number of Topliss-reactive ketones (excluding diaryl/α,β-unsaturated/α-hetero) is 1. The summed E-state index contributed by atoms with van der Waals surface area (Å²) in [5.41, 5.74) is -2.39. The number of ketones is 1. The molecule has 1 aliphatic heterocycles. The lowest BCUT2D eigenvalue weighted by Gasteiger charge is -2.36. The van der Waals surface area contributed by atoms with Crippen LogP contribution >= 0.6 is 11.6 Å². The molecule has 1 fully saturated rings. The molecule has 2 aromatic heterocycles. The summed E-state index contributed by atoms with van der Waals surface area (Å²) in [5.74, 6) is -1.20. The van der Waals surface area contributed by atoms with Gasteiger partial charge in [0, 0.05) is 0 Å². The van der Waals surface area contributed by atoms with Crippen LogP contribution < -0.4 is 0 Å². The fourth-order valence-corrected chi connectivity index (χ4v) is 3.14. The number of alkyl halides is 1. The summed E-state index contributed by atoms with van der Waals surface area (Å²) in [7, 11) is 0. The highest BCUT2D eigenvalue weighted by molar-refractivity contribution is 6.26. The molecule has 124 valence electrons. The van der Waals surface area contributed by atoms with Crippen LogP contribution in [0.15, 0.2) is 12.7 Å². The van der Waals surface area contributed by atoms with Crippen molar-refractivity contribution in [1.29, 1.82) is 0 Å². The minimum atomic E-state index is -2.60. The number of halogens is 1. The molecule has 0 aliphatic carbocycles. The van der Waals surface area contributed by atoms with E-state index < -0.39 is 41.3 Å². The third-order valence-electron chi connectivity index (χ3n) is 3.85. The molecule has 0 bridgehead atoms. The lowest BCUT2D eigenvalue weighted by molar-refractivity contribution is -0.178. The molecule has 0 aromatic carbocycles. The maximum Gasteiger partial charge on any atom is 0.254 e. The van der Waals surface area contributed by atoms with E-state index >= 15 is 0 Å². The first kappa shape index (κ1) is 16.0. The number of hydrogen-bond donors (Lipinski definition) is 4. The van der Waals surface area contributed by atoms with Gasteiger partial charge in [-0.3, -0.25) is 9.36 Å². The second-order valence-electron chi connectivity index (χ2n) is 5.14. The maximum absolute atomic E-state index is 12.3. The first-order valence-electron chi connectivity index (χ1n) is 6.54. The van der Waals surface area contributed by atoms with E-state index in [4.69, 9.17) is 16.3 Å². The van der Waals surface area contributed by atoms with E-state index in [0.717, 1.165) is 24.1 Å². The van der Waals surface area contributed by atoms with Crippen molar-refractivity contribution in [3.63, 3.8) is 0 Å². The van der Waals surface area contributed by atoms with Crippen molar-refractivity contribution in [2.45, 2.75) is 29.9 Å². The van der Waals surface area contributed by atoms with E-state index in [1.54, 1.807) is 0 Å². The first-order valence-corrected chi connectivity index (χ1v) is 6.91. The normalized spacial score (nSPS) is 34.1. The van der Waals surface area contributed by atoms with Crippen LogP contribution in [-0.4, -0.2) is 69.6 Å². The Morgan fingerprint density at radius 3 is 2.74 bits per heavy atom. The number of aliphatic hydroxyl groups is 3. The summed E-state index contributed by atoms with van der Waals surface area (Å²) < 4.78 is 6.43. The quantitative estimate of drug-likeness (QED) is 0.485. The number of carbonyl (C=O) groups excluding carboxylic acids is 1. The van der Waals surface area contributed by atoms with Crippen molar-refractivity contribution >= 4 is 28.5 Å². The minimum absolute atomic E-state index is 0.0439. The number of hydrogen-bond acceptors (Lipinski definition) is 9. The summed E-state index contributed by atoms with van der Waals surface area (Å²) in [6.07, 6.45) is -0.980. The molecule has 1 saturated heterocycles. The van der Waals surface area contributed by atoms with Crippen molar-refractivity contribution < 1.29 is 30.0 Å². The van der Waals surface area contributed by atoms with Gasteiger partial charge >= 0.3 is 0 Å². The number of ether oxygens (including phenoxy) is 1. The van der Waals surface area contributed by atoms with Crippen molar-refractivity contribution in [3.8, 4) is 5.88 Å². The highest BCUT2D eigenvalue weighted by Gasteiger charge is 2.69. The fourth-order valence-electron chi connectivity index (χ4n) is 2.73. The van der Waals surface area contributed by atoms with E-state index in [0.29, 0.717) is 0 Å². The van der Waals surface area contributed by atoms with Gasteiger partial charge in [0.25, 0.3) is 5.72 Å². The Labute approximate surface area is 133 Å². The largest absolute Gasteiger partial charge is 0.492 e. The first-order chi connectivity index (χ1) is 10.8. The van der Waals surface area contributed by atoms with Crippen molar-refractivity contribution in [2.24, 2.45) is 0 Å². The monoisotopic (exact) mass is 344 g/mol. The molecule has 3 heterocycles. The number of aromatic nitrogens is 4. The van der Waals surface area contributed by atoms with E-state index in [9.17, 15) is 25.2 Å². The molecule has 10 nitrogen and oxygen atoms in total. The Bertz CT molecular complexity index is 780. The lowest BCUT2D eigenvalue weighted by Crippen LogP contribution is -2.57. The number of nitrogens with zero attached hydrogens (tertiary/aromatic N) is 4. The van der Waals surface area contributed by atoms with Gasteiger partial charge in [-0.1, -0.05) is 11.6 Å². The van der Waals surface area contributed by atoms with E-state index in [1.165, 1.54) is 0 Å². The zero-order valence-corrected chi connectivity index (χ0v) is 12.5. The molecular weight excluding hydrogens is 332 g/mol. The summed E-state index contributed by atoms with van der Waals surface area (Å²) in [6, 6.07) is 0. The molecule has 0 saturated carbocycles. The smallest absolute Gasteiger partial charge is 0.254 e. The second kappa shape index (κ2) is 5.08. The Hall–Kier alpha value is -1.85. The Morgan fingerprint density at radius 2 is 2.17 bits per heavy atom. The zero-order chi connectivity index (χ0) is 17.0. The van der Waals surface area contributed by atoms with Crippen LogP contribution in [0.4, 0.5) is 0 Å². The average molecular weight is 345 g/mol. The standard InChI is InChI=1S/C12H13ClN4O6/c1-5(19)12(11(13,22)8(20)6(2-18)23-12)17-4-16-7-9(17)14-3-15-10(7)21/h3-4,6,8,18,20,22H,2H2,1H3,(H,14,15,21)/t6-,8-,11-,12-/m1/s1. The van der Waals surface area contributed by atoms with E-state index in [2.05, 4.69) is 15.0 Å². The summed E-state index contributed by atoms with van der Waals surface area (Å²) in [4.78, 5) is 23.6. The summed E-state index contributed by atoms with van der Waals surface area (Å²) in [6.45, 7) is 0.408. The van der Waals surface area contributed by atoms with Gasteiger partial charge in [-0.05, 0) is 6.92 Å². The molecule has 0 unspecified atom stereocenters. The van der Waals surface area contributed by atoms with E-state index in [1.807, 2.05) is 0 Å². The van der Waals surface area contributed by atoms with Crippen LogP contribution in [0, 0.1) is 0 Å². The Kier molecular flexibility index (Phi) is 3.54. The molecule has 0 spiro atoms. The molecule has 4 atom stereocenters. The number of rotatable bonds is 3. The third-order valence-corrected chi connectivity index (χ3v) is 4.33. The number of aromatic hydroxyl groups is 1.